The Labute approximate surface area is 130 Å². The van der Waals surface area contributed by atoms with Crippen LogP contribution in [0.1, 0.15) is 39.2 Å². The molecule has 0 unspecified atom stereocenters. The number of carbonyl (C=O) groups excluding carboxylic acids is 2. The van der Waals surface area contributed by atoms with Crippen LogP contribution in [0.2, 0.25) is 0 Å². The molecule has 120 valence electrons. The van der Waals surface area contributed by atoms with Gasteiger partial charge in [-0.25, -0.2) is 4.79 Å². The van der Waals surface area contributed by atoms with Gasteiger partial charge in [0.15, 0.2) is 0 Å². The molecule has 0 aromatic carbocycles. The fourth-order valence-electron chi connectivity index (χ4n) is 2.77. The summed E-state index contributed by atoms with van der Waals surface area (Å²) in [6, 6.07) is 3.54. The molecule has 2 heterocycles. The van der Waals surface area contributed by atoms with Crippen LogP contribution in [0.15, 0.2) is 24.5 Å². The third-order valence-electron chi connectivity index (χ3n) is 3.70. The van der Waals surface area contributed by atoms with Crippen molar-refractivity contribution in [2.45, 2.75) is 51.2 Å². The van der Waals surface area contributed by atoms with Crippen molar-refractivity contribution in [1.82, 2.24) is 9.88 Å². The molecular weight excluding hydrogens is 284 g/mol. The molecule has 6 nitrogen and oxygen atoms in total. The summed E-state index contributed by atoms with van der Waals surface area (Å²) >= 11 is 0. The molecule has 1 atom stereocenters. The van der Waals surface area contributed by atoms with Gasteiger partial charge in [-0.3, -0.25) is 9.88 Å². The zero-order valence-electron chi connectivity index (χ0n) is 13.2. The minimum atomic E-state index is -1.37. The average Bonchev–Trinajstić information content (AvgIpc) is 2.83. The van der Waals surface area contributed by atoms with Crippen molar-refractivity contribution in [3.63, 3.8) is 0 Å². The van der Waals surface area contributed by atoms with Crippen LogP contribution in [-0.4, -0.2) is 39.6 Å². The SMILES string of the molecule is CC(C)(C)OC(=O)N1CCC[C@@]1(Cc1cccnc1)C(=O)[O-]. The van der Waals surface area contributed by atoms with Gasteiger partial charge in [0, 0.05) is 25.4 Å². The monoisotopic (exact) mass is 305 g/mol. The van der Waals surface area contributed by atoms with Gasteiger partial charge >= 0.3 is 6.09 Å². The summed E-state index contributed by atoms with van der Waals surface area (Å²) < 4.78 is 5.35. The summed E-state index contributed by atoms with van der Waals surface area (Å²) in [7, 11) is 0. The molecule has 1 aromatic rings. The van der Waals surface area contributed by atoms with Crippen LogP contribution in [0.25, 0.3) is 0 Å². The number of carbonyl (C=O) groups is 2. The zero-order chi connectivity index (χ0) is 16.4. The van der Waals surface area contributed by atoms with E-state index in [0.29, 0.717) is 19.4 Å². The Morgan fingerprint density at radius 3 is 2.73 bits per heavy atom. The molecule has 0 N–H and O–H groups in total. The number of nitrogens with zero attached hydrogens (tertiary/aromatic N) is 2. The average molecular weight is 305 g/mol. The standard InChI is InChI=1S/C16H22N2O4/c1-15(2,3)22-14(21)18-9-5-7-16(18,13(19)20)10-12-6-4-8-17-11-12/h4,6,8,11H,5,7,9-10H2,1-3H3,(H,19,20)/p-1/t16-/m1/s1. The molecule has 0 aliphatic carbocycles. The minimum absolute atomic E-state index is 0.169. The second-order valence-electron chi connectivity index (χ2n) is 6.59. The molecule has 22 heavy (non-hydrogen) atoms. The van der Waals surface area contributed by atoms with E-state index in [2.05, 4.69) is 4.98 Å². The molecule has 0 saturated carbocycles. The number of rotatable bonds is 3. The van der Waals surface area contributed by atoms with Crippen molar-refractivity contribution < 1.29 is 19.4 Å². The van der Waals surface area contributed by atoms with Crippen LogP contribution >= 0.6 is 0 Å². The van der Waals surface area contributed by atoms with E-state index in [4.69, 9.17) is 4.74 Å². The second-order valence-corrected chi connectivity index (χ2v) is 6.59. The first-order chi connectivity index (χ1) is 10.2. The van der Waals surface area contributed by atoms with E-state index in [-0.39, 0.29) is 6.42 Å². The van der Waals surface area contributed by atoms with E-state index in [1.54, 1.807) is 45.3 Å². The van der Waals surface area contributed by atoms with Crippen LogP contribution in [0.3, 0.4) is 0 Å². The van der Waals surface area contributed by atoms with Crippen molar-refractivity contribution in [1.29, 1.82) is 0 Å². The fourth-order valence-corrected chi connectivity index (χ4v) is 2.77. The van der Waals surface area contributed by atoms with E-state index < -0.39 is 23.2 Å². The number of aromatic nitrogens is 1. The van der Waals surface area contributed by atoms with Gasteiger partial charge in [0.2, 0.25) is 0 Å². The highest BCUT2D eigenvalue weighted by Gasteiger charge is 2.46. The number of hydrogen-bond donors (Lipinski definition) is 0. The maximum Gasteiger partial charge on any atom is 0.411 e. The molecule has 1 aromatic heterocycles. The normalized spacial score (nSPS) is 21.7. The maximum absolute atomic E-state index is 12.4. The predicted octanol–water partition coefficient (Wildman–Crippen LogP) is 1.14. The Kier molecular flexibility index (Phi) is 4.39. The first kappa shape index (κ1) is 16.3. The van der Waals surface area contributed by atoms with Crippen LogP contribution in [0, 0.1) is 0 Å². The molecule has 1 aliphatic rings. The van der Waals surface area contributed by atoms with E-state index in [1.165, 1.54) is 4.90 Å². The summed E-state index contributed by atoms with van der Waals surface area (Å²) in [6.45, 7) is 5.61. The van der Waals surface area contributed by atoms with Gasteiger partial charge in [-0.2, -0.15) is 0 Å². The lowest BCUT2D eigenvalue weighted by atomic mass is 9.89. The molecule has 1 fully saturated rings. The van der Waals surface area contributed by atoms with E-state index >= 15 is 0 Å². The van der Waals surface area contributed by atoms with Crippen LogP contribution in [0.5, 0.6) is 0 Å². The fraction of sp³-hybridized carbons (Fsp3) is 0.562. The summed E-state index contributed by atoms with van der Waals surface area (Å²) in [5.74, 6) is -1.25. The Morgan fingerprint density at radius 2 is 2.18 bits per heavy atom. The number of hydrogen-bond acceptors (Lipinski definition) is 5. The highest BCUT2D eigenvalue weighted by atomic mass is 16.6. The highest BCUT2D eigenvalue weighted by Crippen LogP contribution is 2.33. The van der Waals surface area contributed by atoms with Gasteiger partial charge in [0.05, 0.1) is 11.5 Å². The predicted molar refractivity (Wildman–Crippen MR) is 77.9 cm³/mol. The zero-order valence-corrected chi connectivity index (χ0v) is 13.2. The van der Waals surface area contributed by atoms with Crippen molar-refractivity contribution in [3.05, 3.63) is 30.1 Å². The lowest BCUT2D eigenvalue weighted by Gasteiger charge is -2.40. The summed E-state index contributed by atoms with van der Waals surface area (Å²) in [5.41, 5.74) is -1.29. The number of carboxylic acid groups (broad SMARTS) is 1. The molecule has 2 rings (SSSR count). The maximum atomic E-state index is 12.4. The Hall–Kier alpha value is -2.11. The molecule has 1 aliphatic heterocycles. The molecule has 0 spiro atoms. The largest absolute Gasteiger partial charge is 0.548 e. The molecule has 1 saturated heterocycles. The molecule has 1 amide bonds. The Bertz CT molecular complexity index is 553. The van der Waals surface area contributed by atoms with Crippen molar-refractivity contribution >= 4 is 12.1 Å². The summed E-state index contributed by atoms with van der Waals surface area (Å²) in [4.78, 5) is 29.5. The van der Waals surface area contributed by atoms with Crippen LogP contribution < -0.4 is 5.11 Å². The van der Waals surface area contributed by atoms with Gasteiger partial charge in [-0.15, -0.1) is 0 Å². The van der Waals surface area contributed by atoms with Gasteiger partial charge in [-0.05, 0) is 45.2 Å². The van der Waals surface area contributed by atoms with Gasteiger partial charge < -0.3 is 14.6 Å². The number of aliphatic carboxylic acids is 1. The number of carboxylic acids is 1. The first-order valence-electron chi connectivity index (χ1n) is 7.36. The molecular formula is C16H21N2O4-. The molecule has 0 bridgehead atoms. The highest BCUT2D eigenvalue weighted by molar-refractivity contribution is 5.84. The lowest BCUT2D eigenvalue weighted by Crippen LogP contribution is -2.60. The number of pyridine rings is 1. The number of amides is 1. The Morgan fingerprint density at radius 1 is 1.45 bits per heavy atom. The number of likely N-dealkylation sites (tertiary alicyclic amines) is 1. The second kappa shape index (κ2) is 5.94. The van der Waals surface area contributed by atoms with E-state index in [0.717, 1.165) is 5.56 Å². The van der Waals surface area contributed by atoms with Gasteiger partial charge in [0.25, 0.3) is 0 Å². The summed E-state index contributed by atoms with van der Waals surface area (Å²) in [5, 5.41) is 11.8. The summed E-state index contributed by atoms with van der Waals surface area (Å²) in [6.07, 6.45) is 3.74. The Balaban J connectivity index is 2.28. The van der Waals surface area contributed by atoms with Crippen molar-refractivity contribution in [3.8, 4) is 0 Å². The van der Waals surface area contributed by atoms with Crippen molar-refractivity contribution in [2.75, 3.05) is 6.54 Å². The smallest absolute Gasteiger partial charge is 0.411 e. The molecule has 6 heteroatoms. The van der Waals surface area contributed by atoms with Gasteiger partial charge in [-0.1, -0.05) is 6.07 Å². The third kappa shape index (κ3) is 3.37. The lowest BCUT2D eigenvalue weighted by molar-refractivity contribution is -0.317. The van der Waals surface area contributed by atoms with Crippen LogP contribution in [0.4, 0.5) is 4.79 Å². The third-order valence-corrected chi connectivity index (χ3v) is 3.70. The van der Waals surface area contributed by atoms with Gasteiger partial charge in [0.1, 0.15) is 5.60 Å². The van der Waals surface area contributed by atoms with Crippen molar-refractivity contribution in [2.24, 2.45) is 0 Å². The van der Waals surface area contributed by atoms with Crippen LogP contribution in [-0.2, 0) is 16.0 Å². The van der Waals surface area contributed by atoms with E-state index in [9.17, 15) is 14.7 Å². The number of ether oxygens (including phenoxy) is 1. The first-order valence-corrected chi connectivity index (χ1v) is 7.36. The molecule has 0 radical (unpaired) electrons. The quantitative estimate of drug-likeness (QED) is 0.836. The minimum Gasteiger partial charge on any atom is -0.548 e. The topological polar surface area (TPSA) is 82.6 Å². The van der Waals surface area contributed by atoms with E-state index in [1.807, 2.05) is 0 Å².